The van der Waals surface area contributed by atoms with E-state index in [4.69, 9.17) is 6.57 Å². The highest BCUT2D eigenvalue weighted by molar-refractivity contribution is 7.25. The Morgan fingerprint density at radius 3 is 2.21 bits per heavy atom. The van der Waals surface area contributed by atoms with Gasteiger partial charge < -0.3 is 4.57 Å². The smallest absolute Gasteiger partial charge is 0.188 e. The molecule has 3 heteroatoms. The van der Waals surface area contributed by atoms with Gasteiger partial charge in [-0.1, -0.05) is 86.6 Å². The molecule has 2 heterocycles. The maximum atomic E-state index is 7.57. The van der Waals surface area contributed by atoms with Crippen LogP contribution >= 0.6 is 11.3 Å². The maximum absolute atomic E-state index is 7.57. The first kappa shape index (κ1) is 24.4. The molecule has 0 unspecified atom stereocenters. The van der Waals surface area contributed by atoms with Crippen LogP contribution < -0.4 is 0 Å². The first-order chi connectivity index (χ1) is 21.0. The molecule has 0 aliphatic heterocycles. The minimum atomic E-state index is -0.00176. The second-order valence-electron chi connectivity index (χ2n) is 12.1. The SMILES string of the molecule is [C-]#[N+]c1ccc2c(c1)c1ccccc1n2-c1ccccc1-c1ccc2sc3cc4c(cc3c2c1)-c1ccccc1C4(C)C. The van der Waals surface area contributed by atoms with Crippen LogP contribution in [0.5, 0.6) is 0 Å². The van der Waals surface area contributed by atoms with Gasteiger partial charge in [0.05, 0.1) is 23.3 Å². The Labute approximate surface area is 253 Å². The summed E-state index contributed by atoms with van der Waals surface area (Å²) in [4.78, 5) is 3.71. The third kappa shape index (κ3) is 3.33. The summed E-state index contributed by atoms with van der Waals surface area (Å²) in [5.74, 6) is 0. The zero-order valence-electron chi connectivity index (χ0n) is 23.8. The number of aromatic nitrogens is 1. The fourth-order valence-corrected chi connectivity index (χ4v) is 8.45. The predicted molar refractivity (Wildman–Crippen MR) is 183 cm³/mol. The van der Waals surface area contributed by atoms with E-state index in [1.54, 1.807) is 0 Å². The Kier molecular flexibility index (Phi) is 4.93. The molecule has 0 atom stereocenters. The van der Waals surface area contributed by atoms with Gasteiger partial charge in [-0.25, -0.2) is 4.85 Å². The fraction of sp³-hybridized carbons (Fsp3) is 0.0750. The van der Waals surface area contributed by atoms with Crippen molar-refractivity contribution in [2.24, 2.45) is 0 Å². The first-order valence-electron chi connectivity index (χ1n) is 14.6. The number of para-hydroxylation sites is 2. The Bertz CT molecular complexity index is 2500. The van der Waals surface area contributed by atoms with Gasteiger partial charge in [-0.3, -0.25) is 0 Å². The molecule has 202 valence electrons. The number of hydrogen-bond donors (Lipinski definition) is 0. The quantitative estimate of drug-likeness (QED) is 0.184. The summed E-state index contributed by atoms with van der Waals surface area (Å²) < 4.78 is 5.02. The number of thiophene rings is 1. The zero-order chi connectivity index (χ0) is 28.9. The topological polar surface area (TPSA) is 9.29 Å². The highest BCUT2D eigenvalue weighted by Crippen LogP contribution is 2.51. The van der Waals surface area contributed by atoms with E-state index in [-0.39, 0.29) is 5.41 Å². The van der Waals surface area contributed by atoms with Gasteiger partial charge in [0.1, 0.15) is 0 Å². The van der Waals surface area contributed by atoms with Crippen LogP contribution in [0.4, 0.5) is 5.69 Å². The molecule has 0 radical (unpaired) electrons. The van der Waals surface area contributed by atoms with Gasteiger partial charge in [0, 0.05) is 36.5 Å². The lowest BCUT2D eigenvalue weighted by Gasteiger charge is -2.21. The van der Waals surface area contributed by atoms with Crippen molar-refractivity contribution < 1.29 is 0 Å². The molecule has 0 spiro atoms. The lowest BCUT2D eigenvalue weighted by molar-refractivity contribution is 0.661. The monoisotopic (exact) mass is 566 g/mol. The molecule has 2 nitrogen and oxygen atoms in total. The molecule has 8 aromatic rings. The predicted octanol–water partition coefficient (Wildman–Crippen LogP) is 11.7. The van der Waals surface area contributed by atoms with E-state index in [1.165, 1.54) is 53.6 Å². The fourth-order valence-electron chi connectivity index (χ4n) is 7.34. The molecular weight excluding hydrogens is 541 g/mol. The Morgan fingerprint density at radius 1 is 0.581 bits per heavy atom. The van der Waals surface area contributed by atoms with E-state index in [0.29, 0.717) is 5.69 Å². The second kappa shape index (κ2) is 8.67. The van der Waals surface area contributed by atoms with E-state index < -0.39 is 0 Å². The zero-order valence-corrected chi connectivity index (χ0v) is 24.7. The number of benzene rings is 6. The molecule has 2 aromatic heterocycles. The van der Waals surface area contributed by atoms with Crippen LogP contribution in [0.1, 0.15) is 25.0 Å². The number of nitrogens with zero attached hydrogens (tertiary/aromatic N) is 2. The molecule has 1 aliphatic carbocycles. The third-order valence-electron chi connectivity index (χ3n) is 9.41. The summed E-state index contributed by atoms with van der Waals surface area (Å²) in [5.41, 5.74) is 12.0. The van der Waals surface area contributed by atoms with Crippen LogP contribution in [0.25, 0.3) is 74.8 Å². The molecule has 9 rings (SSSR count). The van der Waals surface area contributed by atoms with Crippen molar-refractivity contribution in [2.75, 3.05) is 0 Å². The second-order valence-corrected chi connectivity index (χ2v) is 13.1. The Hall–Kier alpha value is -5.17. The van der Waals surface area contributed by atoms with Crippen molar-refractivity contribution in [3.8, 4) is 27.9 Å². The van der Waals surface area contributed by atoms with E-state index in [9.17, 15) is 0 Å². The number of fused-ring (bicyclic) bond motifs is 9. The molecule has 43 heavy (non-hydrogen) atoms. The van der Waals surface area contributed by atoms with Crippen molar-refractivity contribution in [3.63, 3.8) is 0 Å². The minimum Gasteiger partial charge on any atom is -0.309 e. The summed E-state index contributed by atoms with van der Waals surface area (Å²) in [6.45, 7) is 12.3. The minimum absolute atomic E-state index is 0.00176. The van der Waals surface area contributed by atoms with Gasteiger partial charge in [-0.15, -0.1) is 11.3 Å². The van der Waals surface area contributed by atoms with Crippen molar-refractivity contribution in [2.45, 2.75) is 19.3 Å². The largest absolute Gasteiger partial charge is 0.309 e. The van der Waals surface area contributed by atoms with Crippen LogP contribution in [-0.4, -0.2) is 4.57 Å². The highest BCUT2D eigenvalue weighted by Gasteiger charge is 2.35. The lowest BCUT2D eigenvalue weighted by atomic mass is 9.82. The van der Waals surface area contributed by atoms with Crippen molar-refractivity contribution in [1.82, 2.24) is 4.57 Å². The normalized spacial score (nSPS) is 13.5. The van der Waals surface area contributed by atoms with Crippen LogP contribution in [0, 0.1) is 6.57 Å². The maximum Gasteiger partial charge on any atom is 0.188 e. The van der Waals surface area contributed by atoms with Crippen molar-refractivity contribution in [1.29, 1.82) is 0 Å². The van der Waals surface area contributed by atoms with Crippen molar-refractivity contribution in [3.05, 3.63) is 144 Å². The number of rotatable bonds is 2. The summed E-state index contributed by atoms with van der Waals surface area (Å²) in [6.07, 6.45) is 0. The summed E-state index contributed by atoms with van der Waals surface area (Å²) in [7, 11) is 0. The molecular formula is C40H26N2S. The van der Waals surface area contributed by atoms with Gasteiger partial charge in [0.25, 0.3) is 0 Å². The lowest BCUT2D eigenvalue weighted by Crippen LogP contribution is -2.14. The van der Waals surface area contributed by atoms with Crippen LogP contribution in [0.2, 0.25) is 0 Å². The molecule has 0 fully saturated rings. The third-order valence-corrected chi connectivity index (χ3v) is 10.5. The van der Waals surface area contributed by atoms with E-state index in [0.717, 1.165) is 27.5 Å². The van der Waals surface area contributed by atoms with Gasteiger partial charge in [-0.2, -0.15) is 0 Å². The molecule has 0 N–H and O–H groups in total. The van der Waals surface area contributed by atoms with Crippen molar-refractivity contribution >= 4 is 59.0 Å². The summed E-state index contributed by atoms with van der Waals surface area (Å²) in [5, 5.41) is 4.90. The highest BCUT2D eigenvalue weighted by atomic mass is 32.1. The molecule has 6 aromatic carbocycles. The molecule has 0 saturated carbocycles. The molecule has 0 amide bonds. The number of hydrogen-bond acceptors (Lipinski definition) is 1. The van der Waals surface area contributed by atoms with Crippen LogP contribution in [0.15, 0.2) is 121 Å². The average Bonchev–Trinajstić information content (AvgIpc) is 3.65. The van der Waals surface area contributed by atoms with Gasteiger partial charge in [-0.05, 0) is 81.7 Å². The molecule has 0 saturated heterocycles. The van der Waals surface area contributed by atoms with Gasteiger partial charge in [0.15, 0.2) is 5.69 Å². The van der Waals surface area contributed by atoms with Gasteiger partial charge in [0.2, 0.25) is 0 Å². The Balaban J connectivity index is 1.28. The molecule has 0 bridgehead atoms. The summed E-state index contributed by atoms with van der Waals surface area (Å²) >= 11 is 1.89. The summed E-state index contributed by atoms with van der Waals surface area (Å²) in [6, 6.07) is 44.0. The van der Waals surface area contributed by atoms with E-state index in [1.807, 2.05) is 23.5 Å². The van der Waals surface area contributed by atoms with E-state index in [2.05, 4.69) is 132 Å². The van der Waals surface area contributed by atoms with Gasteiger partial charge >= 0.3 is 0 Å². The van der Waals surface area contributed by atoms with E-state index >= 15 is 0 Å². The molecule has 1 aliphatic rings. The first-order valence-corrected chi connectivity index (χ1v) is 15.5. The van der Waals surface area contributed by atoms with Crippen LogP contribution in [0.3, 0.4) is 0 Å². The van der Waals surface area contributed by atoms with Crippen LogP contribution in [-0.2, 0) is 5.41 Å². The Morgan fingerprint density at radius 2 is 1.33 bits per heavy atom. The standard InChI is InChI=1S/C40H26N2S/c1-40(2)33-13-7-4-11-27(33)29-22-32-31-20-24(16-19-38(31)43-39(32)23-34(29)40)26-10-5-8-14-35(26)42-36-15-9-6-12-28(36)30-21-25(41-3)17-18-37(30)42/h4-23H,1-2H3. The average molecular weight is 567 g/mol.